The monoisotopic (exact) mass is 318 g/mol. The lowest BCUT2D eigenvalue weighted by Gasteiger charge is -2.28. The Morgan fingerprint density at radius 2 is 2.25 bits per heavy atom. The van der Waals surface area contributed by atoms with Gasteiger partial charge in [0.25, 0.3) is 0 Å². The van der Waals surface area contributed by atoms with Crippen LogP contribution in [0.1, 0.15) is 19.8 Å². The fourth-order valence-corrected chi connectivity index (χ4v) is 4.33. The summed E-state index contributed by atoms with van der Waals surface area (Å²) in [6, 6.07) is 3.02. The van der Waals surface area contributed by atoms with Gasteiger partial charge in [-0.1, -0.05) is 11.6 Å². The molecule has 7 heteroatoms. The molecule has 1 aliphatic carbocycles. The average molecular weight is 319 g/mol. The summed E-state index contributed by atoms with van der Waals surface area (Å²) < 4.78 is 32.1. The van der Waals surface area contributed by atoms with E-state index in [1.54, 1.807) is 13.2 Å². The second kappa shape index (κ2) is 6.39. The molecule has 1 aliphatic rings. The number of sulfonamides is 1. The lowest BCUT2D eigenvalue weighted by atomic mass is 10.2. The Morgan fingerprint density at radius 3 is 2.80 bits per heavy atom. The maximum atomic E-state index is 12.8. The van der Waals surface area contributed by atoms with Gasteiger partial charge in [-0.25, -0.2) is 13.4 Å². The van der Waals surface area contributed by atoms with E-state index < -0.39 is 10.0 Å². The Balaban J connectivity index is 2.33. The minimum Gasteiger partial charge on any atom is -0.383 e. The Hall–Kier alpha value is -0.690. The summed E-state index contributed by atoms with van der Waals surface area (Å²) in [5.41, 5.74) is 0. The van der Waals surface area contributed by atoms with Crippen LogP contribution in [0.2, 0.25) is 5.15 Å². The van der Waals surface area contributed by atoms with Gasteiger partial charge in [0.2, 0.25) is 10.0 Å². The van der Waals surface area contributed by atoms with E-state index in [1.165, 1.54) is 16.6 Å². The SMILES string of the molecule is COCCN(C(C)C1CC1)S(=O)(=O)c1cccnc1Cl. The molecule has 0 aromatic carbocycles. The number of rotatable bonds is 7. The lowest BCUT2D eigenvalue weighted by molar-refractivity contribution is 0.164. The standard InChI is InChI=1S/C13H19ClN2O3S/c1-10(11-5-6-11)16(8-9-19-2)20(17,18)12-4-3-7-15-13(12)14/h3-4,7,10-11H,5-6,8-9H2,1-2H3. The fourth-order valence-electron chi connectivity index (χ4n) is 2.23. The molecule has 1 saturated carbocycles. The lowest BCUT2D eigenvalue weighted by Crippen LogP contribution is -2.42. The minimum absolute atomic E-state index is 0.0120. The van der Waals surface area contributed by atoms with Crippen LogP contribution in [0.4, 0.5) is 0 Å². The van der Waals surface area contributed by atoms with Crippen LogP contribution in [0.3, 0.4) is 0 Å². The first-order valence-electron chi connectivity index (χ1n) is 6.59. The van der Waals surface area contributed by atoms with Crippen LogP contribution in [0.15, 0.2) is 23.2 Å². The van der Waals surface area contributed by atoms with Gasteiger partial charge in [0.05, 0.1) is 6.61 Å². The van der Waals surface area contributed by atoms with Gasteiger partial charge in [0.1, 0.15) is 10.0 Å². The van der Waals surface area contributed by atoms with Crippen molar-refractivity contribution in [3.05, 3.63) is 23.5 Å². The Morgan fingerprint density at radius 1 is 1.55 bits per heavy atom. The quantitative estimate of drug-likeness (QED) is 0.723. The molecule has 1 unspecified atom stereocenters. The number of methoxy groups -OCH3 is 1. The van der Waals surface area contributed by atoms with E-state index in [4.69, 9.17) is 16.3 Å². The number of nitrogens with zero attached hydrogens (tertiary/aromatic N) is 2. The van der Waals surface area contributed by atoms with E-state index in [0.29, 0.717) is 19.1 Å². The summed E-state index contributed by atoms with van der Waals surface area (Å²) in [5, 5.41) is 0.0120. The Bertz CT molecular complexity index is 560. The number of hydrogen-bond acceptors (Lipinski definition) is 4. The van der Waals surface area contributed by atoms with Crippen molar-refractivity contribution >= 4 is 21.6 Å². The van der Waals surface area contributed by atoms with Crippen molar-refractivity contribution in [1.82, 2.24) is 9.29 Å². The molecule has 0 saturated heterocycles. The third kappa shape index (κ3) is 3.31. The molecule has 20 heavy (non-hydrogen) atoms. The molecule has 0 aliphatic heterocycles. The molecule has 1 aromatic rings. The zero-order chi connectivity index (χ0) is 14.8. The third-order valence-electron chi connectivity index (χ3n) is 3.59. The Kier molecular flexibility index (Phi) is 5.01. The van der Waals surface area contributed by atoms with E-state index in [1.807, 2.05) is 6.92 Å². The summed E-state index contributed by atoms with van der Waals surface area (Å²) in [5.74, 6) is 0.428. The zero-order valence-electron chi connectivity index (χ0n) is 11.6. The molecule has 1 atom stereocenters. The maximum absolute atomic E-state index is 12.8. The van der Waals surface area contributed by atoms with Crippen molar-refractivity contribution in [2.75, 3.05) is 20.3 Å². The van der Waals surface area contributed by atoms with E-state index in [2.05, 4.69) is 4.98 Å². The van der Waals surface area contributed by atoms with Crippen LogP contribution < -0.4 is 0 Å². The van der Waals surface area contributed by atoms with Crippen molar-refractivity contribution < 1.29 is 13.2 Å². The van der Waals surface area contributed by atoms with E-state index in [-0.39, 0.29) is 16.1 Å². The van der Waals surface area contributed by atoms with Gasteiger partial charge in [-0.05, 0) is 37.8 Å². The summed E-state index contributed by atoms with van der Waals surface area (Å²) >= 11 is 5.94. The molecule has 2 rings (SSSR count). The molecule has 0 bridgehead atoms. The predicted molar refractivity (Wildman–Crippen MR) is 77.2 cm³/mol. The summed E-state index contributed by atoms with van der Waals surface area (Å²) in [4.78, 5) is 3.92. The summed E-state index contributed by atoms with van der Waals surface area (Å²) in [6.45, 7) is 2.62. The van der Waals surface area contributed by atoms with Gasteiger partial charge in [0.15, 0.2) is 0 Å². The second-order valence-corrected chi connectivity index (χ2v) is 7.20. The van der Waals surface area contributed by atoms with Crippen LogP contribution in [0, 0.1) is 5.92 Å². The molecule has 1 fully saturated rings. The molecule has 0 amide bonds. The Labute approximate surface area is 125 Å². The molecule has 112 valence electrons. The van der Waals surface area contributed by atoms with Crippen LogP contribution in [-0.2, 0) is 14.8 Å². The van der Waals surface area contributed by atoms with Crippen LogP contribution in [-0.4, -0.2) is 44.0 Å². The van der Waals surface area contributed by atoms with Crippen molar-refractivity contribution in [1.29, 1.82) is 0 Å². The van der Waals surface area contributed by atoms with Crippen LogP contribution in [0.5, 0.6) is 0 Å². The zero-order valence-corrected chi connectivity index (χ0v) is 13.2. The normalized spacial score (nSPS) is 17.4. The fraction of sp³-hybridized carbons (Fsp3) is 0.615. The van der Waals surface area contributed by atoms with Gasteiger partial charge in [-0.15, -0.1) is 0 Å². The highest BCUT2D eigenvalue weighted by Gasteiger charge is 2.38. The molecule has 0 spiro atoms. The van der Waals surface area contributed by atoms with Crippen LogP contribution in [0.25, 0.3) is 0 Å². The smallest absolute Gasteiger partial charge is 0.246 e. The van der Waals surface area contributed by atoms with Gasteiger partial charge in [-0.3, -0.25) is 0 Å². The third-order valence-corrected chi connectivity index (χ3v) is 6.02. The topological polar surface area (TPSA) is 59.5 Å². The van der Waals surface area contributed by atoms with Gasteiger partial charge in [0, 0.05) is 25.9 Å². The average Bonchev–Trinajstić information content (AvgIpc) is 3.23. The molecule has 1 aromatic heterocycles. The highest BCUT2D eigenvalue weighted by molar-refractivity contribution is 7.89. The molecule has 0 radical (unpaired) electrons. The number of hydrogen-bond donors (Lipinski definition) is 0. The number of pyridine rings is 1. The first kappa shape index (κ1) is 15.7. The van der Waals surface area contributed by atoms with E-state index in [0.717, 1.165) is 12.8 Å². The van der Waals surface area contributed by atoms with Gasteiger partial charge in [-0.2, -0.15) is 4.31 Å². The van der Waals surface area contributed by atoms with Gasteiger partial charge >= 0.3 is 0 Å². The predicted octanol–water partition coefficient (Wildman–Crippen LogP) is 2.17. The highest BCUT2D eigenvalue weighted by atomic mass is 35.5. The molecule has 5 nitrogen and oxygen atoms in total. The first-order valence-corrected chi connectivity index (χ1v) is 8.41. The maximum Gasteiger partial charge on any atom is 0.246 e. The van der Waals surface area contributed by atoms with Crippen molar-refractivity contribution in [3.63, 3.8) is 0 Å². The number of halogens is 1. The van der Waals surface area contributed by atoms with Gasteiger partial charge < -0.3 is 4.74 Å². The second-order valence-electron chi connectivity index (χ2n) is 4.98. The summed E-state index contributed by atoms with van der Waals surface area (Å²) in [7, 11) is -2.09. The first-order chi connectivity index (χ1) is 9.48. The molecule has 0 N–H and O–H groups in total. The van der Waals surface area contributed by atoms with Crippen molar-refractivity contribution in [2.24, 2.45) is 5.92 Å². The van der Waals surface area contributed by atoms with E-state index >= 15 is 0 Å². The van der Waals surface area contributed by atoms with E-state index in [9.17, 15) is 8.42 Å². The highest BCUT2D eigenvalue weighted by Crippen LogP contribution is 2.37. The molecule has 1 heterocycles. The van der Waals surface area contributed by atoms with Crippen LogP contribution >= 0.6 is 11.6 Å². The minimum atomic E-state index is -3.65. The molecular formula is C13H19ClN2O3S. The molecular weight excluding hydrogens is 300 g/mol. The van der Waals surface area contributed by atoms with Crippen molar-refractivity contribution in [2.45, 2.75) is 30.7 Å². The van der Waals surface area contributed by atoms with Crippen molar-refractivity contribution in [3.8, 4) is 0 Å². The number of aromatic nitrogens is 1. The number of ether oxygens (including phenoxy) is 1. The largest absolute Gasteiger partial charge is 0.383 e. The summed E-state index contributed by atoms with van der Waals surface area (Å²) in [6.07, 6.45) is 3.62.